The van der Waals surface area contributed by atoms with Crippen LogP contribution in [0.1, 0.15) is 13.3 Å². The number of ether oxygens (including phenoxy) is 1. The van der Waals surface area contributed by atoms with E-state index in [0.29, 0.717) is 11.6 Å². The number of nitrogens with zero attached hydrogens (tertiary/aromatic N) is 2. The largest absolute Gasteiger partial charge is 0.468 e. The number of hydrogen-bond acceptors (Lipinski definition) is 5. The predicted molar refractivity (Wildman–Crippen MR) is 81.6 cm³/mol. The molecule has 1 N–H and O–H groups in total. The monoisotopic (exact) mass is 333 g/mol. The molecule has 0 spiro atoms. The van der Waals surface area contributed by atoms with Crippen LogP contribution < -0.4 is 5.32 Å². The summed E-state index contributed by atoms with van der Waals surface area (Å²) in [4.78, 5) is 28.9. The van der Waals surface area contributed by atoms with Gasteiger partial charge in [-0.15, -0.1) is 0 Å². The minimum atomic E-state index is -0.390. The molecule has 1 aromatic rings. The van der Waals surface area contributed by atoms with Crippen LogP contribution >= 0.6 is 23.2 Å². The topological polar surface area (TPSA) is 71.5 Å². The Labute approximate surface area is 133 Å². The first-order valence-corrected chi connectivity index (χ1v) is 7.12. The Morgan fingerprint density at radius 1 is 1.38 bits per heavy atom. The summed E-state index contributed by atoms with van der Waals surface area (Å²) in [5, 5.41) is 3.22. The van der Waals surface area contributed by atoms with Crippen LogP contribution in [0.4, 0.5) is 5.82 Å². The number of carbonyl (C=O) groups excluding carboxylic acids is 2. The highest BCUT2D eigenvalue weighted by Gasteiger charge is 2.15. The van der Waals surface area contributed by atoms with Crippen molar-refractivity contribution in [3.63, 3.8) is 0 Å². The number of hydrogen-bond donors (Lipinski definition) is 1. The van der Waals surface area contributed by atoms with Crippen LogP contribution in [0.5, 0.6) is 0 Å². The molecule has 0 aliphatic rings. The number of anilines is 1. The molecule has 1 amide bonds. The first-order chi connectivity index (χ1) is 9.96. The average molecular weight is 334 g/mol. The van der Waals surface area contributed by atoms with Gasteiger partial charge in [-0.2, -0.15) is 0 Å². The minimum Gasteiger partial charge on any atom is -0.468 e. The third-order valence-corrected chi connectivity index (χ3v) is 3.05. The molecule has 0 bridgehead atoms. The molecule has 0 saturated carbocycles. The van der Waals surface area contributed by atoms with Gasteiger partial charge in [0.1, 0.15) is 0 Å². The second kappa shape index (κ2) is 8.81. The van der Waals surface area contributed by atoms with E-state index >= 15 is 0 Å². The maximum Gasteiger partial charge on any atom is 0.319 e. The van der Waals surface area contributed by atoms with E-state index in [1.807, 2.05) is 6.92 Å². The number of amides is 1. The molecule has 0 aliphatic heterocycles. The van der Waals surface area contributed by atoms with Crippen LogP contribution in [-0.4, -0.2) is 48.5 Å². The van der Waals surface area contributed by atoms with Crippen LogP contribution in [0, 0.1) is 0 Å². The highest BCUT2D eigenvalue weighted by Crippen LogP contribution is 2.22. The van der Waals surface area contributed by atoms with Crippen molar-refractivity contribution >= 4 is 40.9 Å². The van der Waals surface area contributed by atoms with Gasteiger partial charge in [-0.25, -0.2) is 4.98 Å². The first-order valence-electron chi connectivity index (χ1n) is 6.36. The van der Waals surface area contributed by atoms with Crippen LogP contribution in [0.2, 0.25) is 10.0 Å². The Morgan fingerprint density at radius 2 is 2.10 bits per heavy atom. The number of nitrogens with one attached hydrogen (secondary N) is 1. The van der Waals surface area contributed by atoms with Crippen molar-refractivity contribution in [1.29, 1.82) is 0 Å². The number of esters is 1. The van der Waals surface area contributed by atoms with Crippen LogP contribution in [-0.2, 0) is 14.3 Å². The number of rotatable bonds is 7. The van der Waals surface area contributed by atoms with Crippen LogP contribution in [0.25, 0.3) is 0 Å². The molecule has 0 radical (unpaired) electrons. The Hall–Kier alpha value is -1.37. The van der Waals surface area contributed by atoms with Crippen molar-refractivity contribution in [2.45, 2.75) is 13.3 Å². The quantitative estimate of drug-likeness (QED) is 0.774. The van der Waals surface area contributed by atoms with Gasteiger partial charge >= 0.3 is 5.97 Å². The zero-order valence-corrected chi connectivity index (χ0v) is 13.4. The van der Waals surface area contributed by atoms with Crippen molar-refractivity contribution in [3.05, 3.63) is 22.3 Å². The Balaban J connectivity index is 2.62. The van der Waals surface area contributed by atoms with Crippen molar-refractivity contribution in [2.24, 2.45) is 0 Å². The molecule has 0 aromatic carbocycles. The van der Waals surface area contributed by atoms with Gasteiger partial charge in [-0.3, -0.25) is 14.5 Å². The molecule has 1 heterocycles. The average Bonchev–Trinajstić information content (AvgIpc) is 2.42. The highest BCUT2D eigenvalue weighted by molar-refractivity contribution is 6.36. The normalized spacial score (nSPS) is 10.5. The summed E-state index contributed by atoms with van der Waals surface area (Å²) in [5.41, 5.74) is 0. The molecular weight excluding hydrogens is 317 g/mol. The molecule has 0 unspecified atom stereocenters. The smallest absolute Gasteiger partial charge is 0.319 e. The van der Waals surface area contributed by atoms with E-state index in [1.165, 1.54) is 19.4 Å². The molecule has 6 nitrogen and oxygen atoms in total. The lowest BCUT2D eigenvalue weighted by atomic mass is 10.3. The summed E-state index contributed by atoms with van der Waals surface area (Å²) in [5.74, 6) is -0.469. The third kappa shape index (κ3) is 6.29. The Morgan fingerprint density at radius 3 is 2.67 bits per heavy atom. The van der Waals surface area contributed by atoms with Crippen molar-refractivity contribution in [1.82, 2.24) is 9.88 Å². The van der Waals surface area contributed by atoms with Crippen LogP contribution in [0.3, 0.4) is 0 Å². The van der Waals surface area contributed by atoms with Gasteiger partial charge in [0.05, 0.1) is 30.2 Å². The van der Waals surface area contributed by atoms with Gasteiger partial charge in [0.25, 0.3) is 0 Å². The van der Waals surface area contributed by atoms with Crippen molar-refractivity contribution in [2.75, 3.05) is 32.1 Å². The lowest BCUT2D eigenvalue weighted by Crippen LogP contribution is -2.38. The summed E-state index contributed by atoms with van der Waals surface area (Å²) in [6.07, 6.45) is 2.20. The van der Waals surface area contributed by atoms with Crippen molar-refractivity contribution < 1.29 is 14.3 Å². The summed E-state index contributed by atoms with van der Waals surface area (Å²) in [7, 11) is 1.31. The second-order valence-corrected chi connectivity index (χ2v) is 5.16. The molecule has 21 heavy (non-hydrogen) atoms. The summed E-state index contributed by atoms with van der Waals surface area (Å²) < 4.78 is 4.60. The molecular formula is C13H17Cl2N3O3. The van der Waals surface area contributed by atoms with E-state index in [1.54, 1.807) is 4.90 Å². The van der Waals surface area contributed by atoms with Gasteiger partial charge < -0.3 is 10.1 Å². The van der Waals surface area contributed by atoms with Crippen LogP contribution in [0.15, 0.2) is 12.3 Å². The van der Waals surface area contributed by atoms with Crippen molar-refractivity contribution in [3.8, 4) is 0 Å². The maximum atomic E-state index is 12.0. The fourth-order valence-electron chi connectivity index (χ4n) is 1.66. The Kier molecular flexibility index (Phi) is 7.42. The molecule has 0 atom stereocenters. The second-order valence-electron chi connectivity index (χ2n) is 4.32. The van der Waals surface area contributed by atoms with E-state index in [-0.39, 0.29) is 35.8 Å². The number of pyridine rings is 1. The van der Waals surface area contributed by atoms with Gasteiger partial charge in [-0.1, -0.05) is 30.1 Å². The fraction of sp³-hybridized carbons (Fsp3) is 0.462. The van der Waals surface area contributed by atoms with Gasteiger partial charge in [0.2, 0.25) is 5.91 Å². The zero-order chi connectivity index (χ0) is 15.8. The van der Waals surface area contributed by atoms with Gasteiger partial charge in [0, 0.05) is 6.20 Å². The van der Waals surface area contributed by atoms with E-state index in [9.17, 15) is 9.59 Å². The fourth-order valence-corrected chi connectivity index (χ4v) is 2.09. The SMILES string of the molecule is CCCN(CC(=O)Nc1ncc(Cl)cc1Cl)CC(=O)OC. The lowest BCUT2D eigenvalue weighted by molar-refractivity contribution is -0.142. The lowest BCUT2D eigenvalue weighted by Gasteiger charge is -2.19. The minimum absolute atomic E-state index is 0.0452. The van der Waals surface area contributed by atoms with E-state index in [0.717, 1.165) is 6.42 Å². The molecule has 1 rings (SSSR count). The Bertz CT molecular complexity index is 511. The molecule has 0 aliphatic carbocycles. The predicted octanol–water partition coefficient (Wildman–Crippen LogP) is 2.21. The maximum absolute atomic E-state index is 12.0. The molecule has 0 saturated heterocycles. The van der Waals surface area contributed by atoms with E-state index in [4.69, 9.17) is 23.2 Å². The molecule has 1 aromatic heterocycles. The molecule has 116 valence electrons. The number of carbonyl (C=O) groups is 2. The van der Waals surface area contributed by atoms with Gasteiger partial charge in [-0.05, 0) is 19.0 Å². The zero-order valence-electron chi connectivity index (χ0n) is 11.9. The van der Waals surface area contributed by atoms with E-state index in [2.05, 4.69) is 15.0 Å². The standard InChI is InChI=1S/C13H17Cl2N3O3/c1-3-4-18(8-12(20)21-2)7-11(19)17-13-10(15)5-9(14)6-16-13/h5-6H,3-4,7-8H2,1-2H3,(H,16,17,19). The molecule has 0 fully saturated rings. The third-order valence-electron chi connectivity index (χ3n) is 2.55. The summed E-state index contributed by atoms with van der Waals surface area (Å²) in [6, 6.07) is 1.49. The number of methoxy groups -OCH3 is 1. The summed E-state index contributed by atoms with van der Waals surface area (Å²) >= 11 is 11.7. The molecule has 8 heteroatoms. The number of halogens is 2. The first kappa shape index (κ1) is 17.7. The highest BCUT2D eigenvalue weighted by atomic mass is 35.5. The number of aromatic nitrogens is 1. The van der Waals surface area contributed by atoms with E-state index < -0.39 is 0 Å². The van der Waals surface area contributed by atoms with Gasteiger partial charge in [0.15, 0.2) is 5.82 Å². The summed E-state index contributed by atoms with van der Waals surface area (Å²) in [6.45, 7) is 2.66.